The Labute approximate surface area is 126 Å². The third kappa shape index (κ3) is 6.16. The predicted molar refractivity (Wildman–Crippen MR) is 81.6 cm³/mol. The normalized spacial score (nSPS) is 16.3. The van der Waals surface area contributed by atoms with E-state index in [4.69, 9.17) is 9.47 Å². The Hall–Kier alpha value is -1.56. The van der Waals surface area contributed by atoms with E-state index in [0.717, 1.165) is 11.3 Å². The summed E-state index contributed by atoms with van der Waals surface area (Å²) < 4.78 is 10.7. The second-order valence-corrected chi connectivity index (χ2v) is 4.99. The average molecular weight is 292 g/mol. The smallest absolute Gasteiger partial charge is 0.115 e. The van der Waals surface area contributed by atoms with Crippen molar-refractivity contribution in [2.75, 3.05) is 13.7 Å². The van der Waals surface area contributed by atoms with Crippen LogP contribution in [0.5, 0.6) is 0 Å². The number of methoxy groups -OCH3 is 1. The van der Waals surface area contributed by atoms with Crippen LogP contribution in [0.3, 0.4) is 0 Å². The molecule has 0 spiro atoms. The molecule has 5 heteroatoms. The summed E-state index contributed by atoms with van der Waals surface area (Å²) >= 11 is 0. The summed E-state index contributed by atoms with van der Waals surface area (Å²) in [6.45, 7) is 8.50. The van der Waals surface area contributed by atoms with Gasteiger partial charge in [0.25, 0.3) is 0 Å². The maximum absolute atomic E-state index is 10.1. The fourth-order valence-corrected chi connectivity index (χ4v) is 1.99. The largest absolute Gasteiger partial charge is 0.389 e. The molecule has 0 aliphatic heterocycles. The van der Waals surface area contributed by atoms with Crippen molar-refractivity contribution in [2.45, 2.75) is 32.7 Å². The van der Waals surface area contributed by atoms with Crippen molar-refractivity contribution in [1.82, 2.24) is 9.97 Å². The molecule has 0 bridgehead atoms. The lowest BCUT2D eigenvalue weighted by molar-refractivity contribution is -0.00171. The van der Waals surface area contributed by atoms with Gasteiger partial charge in [0.05, 0.1) is 25.0 Å². The van der Waals surface area contributed by atoms with Crippen molar-refractivity contribution >= 4 is 0 Å². The minimum absolute atomic E-state index is 0.0457. The first-order valence-corrected chi connectivity index (χ1v) is 6.91. The van der Waals surface area contributed by atoms with Crippen LogP contribution in [-0.4, -0.2) is 41.0 Å². The predicted octanol–water partition coefficient (Wildman–Crippen LogP) is 2.14. The van der Waals surface area contributed by atoms with E-state index >= 15 is 0 Å². The highest BCUT2D eigenvalue weighted by molar-refractivity contribution is 5.05. The molecule has 116 valence electrons. The number of ether oxygens (including phenoxy) is 2. The standard InChI is InChI=1S/C16H24N2O3/c1-5-15(20-4)16(19)13(3)8-12(2)9-21-10-14-6-7-17-11-18-14/h5-8,11,13,15-16,19H,1,9-10H2,2-4H3/b12-8-/t13-,15?,16+/m1/s1. The lowest BCUT2D eigenvalue weighted by Gasteiger charge is -2.22. The summed E-state index contributed by atoms with van der Waals surface area (Å²) in [7, 11) is 1.56. The van der Waals surface area contributed by atoms with Crippen LogP contribution in [-0.2, 0) is 16.1 Å². The zero-order valence-electron chi connectivity index (χ0n) is 12.9. The van der Waals surface area contributed by atoms with Gasteiger partial charge < -0.3 is 14.6 Å². The Bertz CT molecular complexity index is 448. The molecule has 1 aromatic heterocycles. The third-order valence-electron chi connectivity index (χ3n) is 3.15. The number of hydrogen-bond donors (Lipinski definition) is 1. The number of hydrogen-bond acceptors (Lipinski definition) is 5. The van der Waals surface area contributed by atoms with Crippen molar-refractivity contribution in [2.24, 2.45) is 5.92 Å². The SMILES string of the molecule is C=CC(OC)[C@@H](O)[C@H](C)/C=C(/C)COCc1ccncn1. The van der Waals surface area contributed by atoms with Crippen LogP contribution < -0.4 is 0 Å². The van der Waals surface area contributed by atoms with Gasteiger partial charge in [0, 0.05) is 19.2 Å². The topological polar surface area (TPSA) is 64.5 Å². The Kier molecular flexibility index (Phi) is 7.82. The molecule has 0 amide bonds. The quantitative estimate of drug-likeness (QED) is 0.706. The third-order valence-corrected chi connectivity index (χ3v) is 3.15. The Morgan fingerprint density at radius 1 is 1.52 bits per heavy atom. The van der Waals surface area contributed by atoms with Gasteiger partial charge in [0.2, 0.25) is 0 Å². The van der Waals surface area contributed by atoms with Crippen molar-refractivity contribution in [3.05, 3.63) is 48.6 Å². The van der Waals surface area contributed by atoms with Gasteiger partial charge in [0.1, 0.15) is 12.4 Å². The second kappa shape index (κ2) is 9.39. The van der Waals surface area contributed by atoms with Crippen molar-refractivity contribution in [3.63, 3.8) is 0 Å². The maximum Gasteiger partial charge on any atom is 0.115 e. The summed E-state index contributed by atoms with van der Waals surface area (Å²) in [5.74, 6) is -0.0457. The van der Waals surface area contributed by atoms with Crippen LogP contribution in [0.15, 0.2) is 42.9 Å². The summed E-state index contributed by atoms with van der Waals surface area (Å²) in [6.07, 6.45) is 5.79. The highest BCUT2D eigenvalue weighted by atomic mass is 16.5. The number of rotatable bonds is 9. The maximum atomic E-state index is 10.1. The lowest BCUT2D eigenvalue weighted by Crippen LogP contribution is -2.31. The minimum atomic E-state index is -0.621. The van der Waals surface area contributed by atoms with Gasteiger partial charge in [-0.2, -0.15) is 0 Å². The van der Waals surface area contributed by atoms with E-state index in [1.54, 1.807) is 19.4 Å². The molecule has 0 saturated heterocycles. The molecule has 0 aromatic carbocycles. The molecule has 0 saturated carbocycles. The summed E-state index contributed by atoms with van der Waals surface area (Å²) in [4.78, 5) is 7.94. The number of aliphatic hydroxyl groups is 1. The Morgan fingerprint density at radius 3 is 2.86 bits per heavy atom. The fraction of sp³-hybridized carbons (Fsp3) is 0.500. The molecule has 21 heavy (non-hydrogen) atoms. The summed E-state index contributed by atoms with van der Waals surface area (Å²) in [5.41, 5.74) is 1.89. The zero-order chi connectivity index (χ0) is 15.7. The van der Waals surface area contributed by atoms with Crippen LogP contribution >= 0.6 is 0 Å². The molecule has 1 unspecified atom stereocenters. The lowest BCUT2D eigenvalue weighted by atomic mass is 9.97. The first-order valence-electron chi connectivity index (χ1n) is 6.91. The molecule has 1 rings (SSSR count). The highest BCUT2D eigenvalue weighted by Gasteiger charge is 2.20. The molecule has 0 fully saturated rings. The summed E-state index contributed by atoms with van der Waals surface area (Å²) in [5, 5.41) is 10.1. The molecule has 0 aliphatic carbocycles. The van der Waals surface area contributed by atoms with E-state index < -0.39 is 6.10 Å². The van der Waals surface area contributed by atoms with Crippen LogP contribution in [0.2, 0.25) is 0 Å². The van der Waals surface area contributed by atoms with Crippen molar-refractivity contribution in [1.29, 1.82) is 0 Å². The molecule has 1 aromatic rings. The highest BCUT2D eigenvalue weighted by Crippen LogP contribution is 2.14. The second-order valence-electron chi connectivity index (χ2n) is 4.99. The molecule has 1 heterocycles. The number of nitrogens with zero attached hydrogens (tertiary/aromatic N) is 2. The van der Waals surface area contributed by atoms with Gasteiger partial charge in [-0.1, -0.05) is 24.6 Å². The first-order chi connectivity index (χ1) is 10.1. The van der Waals surface area contributed by atoms with Crippen LogP contribution in [0.4, 0.5) is 0 Å². The van der Waals surface area contributed by atoms with Crippen LogP contribution in [0, 0.1) is 5.92 Å². The molecule has 0 aliphatic rings. The molecular weight excluding hydrogens is 268 g/mol. The molecule has 1 N–H and O–H groups in total. The van der Waals surface area contributed by atoms with Crippen molar-refractivity contribution in [3.8, 4) is 0 Å². The molecule has 5 nitrogen and oxygen atoms in total. The number of aromatic nitrogens is 2. The average Bonchev–Trinajstić information content (AvgIpc) is 2.49. The Balaban J connectivity index is 2.43. The van der Waals surface area contributed by atoms with Gasteiger partial charge in [0.15, 0.2) is 0 Å². The first kappa shape index (κ1) is 17.5. The van der Waals surface area contributed by atoms with E-state index in [1.807, 2.05) is 26.0 Å². The minimum Gasteiger partial charge on any atom is -0.389 e. The monoisotopic (exact) mass is 292 g/mol. The van der Waals surface area contributed by atoms with Crippen LogP contribution in [0.25, 0.3) is 0 Å². The van der Waals surface area contributed by atoms with E-state index in [9.17, 15) is 5.11 Å². The Morgan fingerprint density at radius 2 is 2.29 bits per heavy atom. The van der Waals surface area contributed by atoms with Crippen molar-refractivity contribution < 1.29 is 14.6 Å². The zero-order valence-corrected chi connectivity index (χ0v) is 12.9. The number of aliphatic hydroxyl groups excluding tert-OH is 1. The van der Waals surface area contributed by atoms with E-state index in [-0.39, 0.29) is 12.0 Å². The van der Waals surface area contributed by atoms with Gasteiger partial charge in [-0.05, 0) is 13.0 Å². The van der Waals surface area contributed by atoms with Gasteiger partial charge >= 0.3 is 0 Å². The van der Waals surface area contributed by atoms with E-state index in [1.165, 1.54) is 6.33 Å². The van der Waals surface area contributed by atoms with Crippen LogP contribution in [0.1, 0.15) is 19.5 Å². The molecular formula is C16H24N2O3. The molecule has 3 atom stereocenters. The molecule has 0 radical (unpaired) electrons. The fourth-order valence-electron chi connectivity index (χ4n) is 1.99. The van der Waals surface area contributed by atoms with Gasteiger partial charge in [-0.15, -0.1) is 6.58 Å². The summed E-state index contributed by atoms with van der Waals surface area (Å²) in [6, 6.07) is 1.82. The van der Waals surface area contributed by atoms with E-state index in [0.29, 0.717) is 13.2 Å². The van der Waals surface area contributed by atoms with Gasteiger partial charge in [-0.25, -0.2) is 9.97 Å². The van der Waals surface area contributed by atoms with E-state index in [2.05, 4.69) is 16.5 Å². The van der Waals surface area contributed by atoms with Gasteiger partial charge in [-0.3, -0.25) is 0 Å².